The van der Waals surface area contributed by atoms with Gasteiger partial charge in [-0.15, -0.1) is 11.3 Å². The number of thiophene rings is 1. The maximum Gasteiger partial charge on any atom is 0.241 e. The van der Waals surface area contributed by atoms with Crippen LogP contribution in [0.15, 0.2) is 35.2 Å². The fraction of sp³-hybridized carbons (Fsp3) is 0.286. The average molecular weight is 328 g/mol. The van der Waals surface area contributed by atoms with Gasteiger partial charge in [-0.05, 0) is 37.7 Å². The van der Waals surface area contributed by atoms with E-state index in [1.807, 2.05) is 7.05 Å². The Morgan fingerprint density at radius 1 is 1.19 bits per heavy atom. The van der Waals surface area contributed by atoms with E-state index in [1.54, 1.807) is 25.1 Å². The zero-order chi connectivity index (χ0) is 15.5. The molecule has 0 unspecified atom stereocenters. The zero-order valence-corrected chi connectivity index (χ0v) is 13.4. The van der Waals surface area contributed by atoms with Gasteiger partial charge < -0.3 is 5.32 Å². The van der Waals surface area contributed by atoms with Crippen molar-refractivity contribution in [2.24, 2.45) is 0 Å². The van der Waals surface area contributed by atoms with Gasteiger partial charge in [-0.3, -0.25) is 0 Å². The zero-order valence-electron chi connectivity index (χ0n) is 11.8. The quantitative estimate of drug-likeness (QED) is 0.856. The molecule has 7 heteroatoms. The molecule has 4 nitrogen and oxygen atoms in total. The Balaban J connectivity index is 2.12. The Morgan fingerprint density at radius 2 is 1.86 bits per heavy atom. The number of nitrogens with one attached hydrogen (secondary N) is 2. The summed E-state index contributed by atoms with van der Waals surface area (Å²) < 4.78 is 40.0. The third kappa shape index (κ3) is 4.10. The largest absolute Gasteiger partial charge is 0.315 e. The number of aryl methyl sites for hydroxylation is 1. The van der Waals surface area contributed by atoms with Gasteiger partial charge in [-0.25, -0.2) is 17.5 Å². The van der Waals surface area contributed by atoms with E-state index < -0.39 is 10.0 Å². The third-order valence-electron chi connectivity index (χ3n) is 2.94. The third-order valence-corrected chi connectivity index (χ3v) is 5.65. The van der Waals surface area contributed by atoms with Gasteiger partial charge in [-0.2, -0.15) is 0 Å². The summed E-state index contributed by atoms with van der Waals surface area (Å²) in [6.07, 6.45) is 0. The Bertz CT molecular complexity index is 709. The highest BCUT2D eigenvalue weighted by molar-refractivity contribution is 7.89. The van der Waals surface area contributed by atoms with Crippen molar-refractivity contribution in [3.8, 4) is 0 Å². The van der Waals surface area contributed by atoms with Crippen molar-refractivity contribution in [1.29, 1.82) is 0 Å². The molecule has 0 saturated carbocycles. The van der Waals surface area contributed by atoms with Crippen molar-refractivity contribution in [3.05, 3.63) is 51.5 Å². The number of halogens is 1. The van der Waals surface area contributed by atoms with Crippen LogP contribution in [0, 0.1) is 12.7 Å². The monoisotopic (exact) mass is 328 g/mol. The van der Waals surface area contributed by atoms with Crippen LogP contribution in [0.3, 0.4) is 0 Å². The molecule has 0 aliphatic heterocycles. The summed E-state index contributed by atoms with van der Waals surface area (Å²) in [6, 6.07) is 7.42. The molecule has 0 saturated heterocycles. The molecule has 0 atom stereocenters. The molecule has 1 aromatic carbocycles. The molecular formula is C14H17FN2O2S2. The fourth-order valence-electron chi connectivity index (χ4n) is 1.91. The van der Waals surface area contributed by atoms with Crippen molar-refractivity contribution in [2.45, 2.75) is 24.9 Å². The standard InChI is InChI=1S/C14H17FN2O2S2/c1-10-14(7-13(20-10)9-16-2)21(18,19)17-8-11-3-5-12(15)6-4-11/h3-7,16-17H,8-9H2,1-2H3. The summed E-state index contributed by atoms with van der Waals surface area (Å²) >= 11 is 1.46. The molecule has 0 fully saturated rings. The minimum absolute atomic E-state index is 0.138. The molecule has 21 heavy (non-hydrogen) atoms. The maximum atomic E-state index is 12.8. The number of hydrogen-bond acceptors (Lipinski definition) is 4. The van der Waals surface area contributed by atoms with Crippen molar-refractivity contribution in [3.63, 3.8) is 0 Å². The van der Waals surface area contributed by atoms with Crippen molar-refractivity contribution in [1.82, 2.24) is 10.0 Å². The van der Waals surface area contributed by atoms with Crippen LogP contribution in [-0.2, 0) is 23.1 Å². The van der Waals surface area contributed by atoms with E-state index in [-0.39, 0.29) is 12.4 Å². The molecule has 0 amide bonds. The number of hydrogen-bond donors (Lipinski definition) is 2. The van der Waals surface area contributed by atoms with Crippen LogP contribution in [0.4, 0.5) is 4.39 Å². The molecule has 0 aliphatic carbocycles. The molecule has 2 rings (SSSR count). The van der Waals surface area contributed by atoms with Gasteiger partial charge in [-0.1, -0.05) is 12.1 Å². The number of sulfonamides is 1. The highest BCUT2D eigenvalue weighted by Crippen LogP contribution is 2.25. The van der Waals surface area contributed by atoms with Crippen LogP contribution < -0.4 is 10.0 Å². The van der Waals surface area contributed by atoms with Crippen LogP contribution in [0.1, 0.15) is 15.3 Å². The molecule has 2 N–H and O–H groups in total. The van der Waals surface area contributed by atoms with Crippen molar-refractivity contribution < 1.29 is 12.8 Å². The van der Waals surface area contributed by atoms with Gasteiger partial charge in [0.15, 0.2) is 0 Å². The SMILES string of the molecule is CNCc1cc(S(=O)(=O)NCc2ccc(F)cc2)c(C)s1. The number of rotatable bonds is 6. The van der Waals surface area contributed by atoms with E-state index in [9.17, 15) is 12.8 Å². The second-order valence-corrected chi connectivity index (χ2v) is 7.69. The Morgan fingerprint density at radius 3 is 2.48 bits per heavy atom. The second-order valence-electron chi connectivity index (χ2n) is 4.61. The number of benzene rings is 1. The first kappa shape index (κ1) is 16.1. The smallest absolute Gasteiger partial charge is 0.241 e. The van der Waals surface area contributed by atoms with E-state index in [0.29, 0.717) is 17.0 Å². The lowest BCUT2D eigenvalue weighted by Gasteiger charge is -2.06. The normalized spacial score (nSPS) is 11.8. The van der Waals surface area contributed by atoms with Crippen LogP contribution in [0.5, 0.6) is 0 Å². The lowest BCUT2D eigenvalue weighted by Crippen LogP contribution is -2.23. The summed E-state index contributed by atoms with van der Waals surface area (Å²) in [5.74, 6) is -0.341. The molecule has 0 bridgehead atoms. The van der Waals surface area contributed by atoms with Gasteiger partial charge >= 0.3 is 0 Å². The van der Waals surface area contributed by atoms with Crippen LogP contribution in [0.25, 0.3) is 0 Å². The molecule has 1 heterocycles. The average Bonchev–Trinajstić information content (AvgIpc) is 2.80. The summed E-state index contributed by atoms with van der Waals surface area (Å²) in [7, 11) is -1.74. The maximum absolute atomic E-state index is 12.8. The van der Waals surface area contributed by atoms with Gasteiger partial charge in [0, 0.05) is 22.8 Å². The predicted molar refractivity (Wildman–Crippen MR) is 82.2 cm³/mol. The van der Waals surface area contributed by atoms with E-state index in [2.05, 4.69) is 10.0 Å². The molecule has 0 radical (unpaired) electrons. The highest BCUT2D eigenvalue weighted by atomic mass is 32.2. The van der Waals surface area contributed by atoms with Crippen LogP contribution >= 0.6 is 11.3 Å². The van der Waals surface area contributed by atoms with Crippen molar-refractivity contribution >= 4 is 21.4 Å². The second kappa shape index (κ2) is 6.65. The van der Waals surface area contributed by atoms with E-state index in [1.165, 1.54) is 23.5 Å². The summed E-state index contributed by atoms with van der Waals surface area (Å²) in [5, 5.41) is 3.00. The Hall–Kier alpha value is -1.28. The lowest BCUT2D eigenvalue weighted by atomic mass is 10.2. The molecule has 1 aromatic heterocycles. The van der Waals surface area contributed by atoms with Gasteiger partial charge in [0.2, 0.25) is 10.0 Å². The van der Waals surface area contributed by atoms with Gasteiger partial charge in [0.25, 0.3) is 0 Å². The molecule has 0 spiro atoms. The van der Waals surface area contributed by atoms with E-state index >= 15 is 0 Å². The molecule has 0 aliphatic rings. The first-order valence-corrected chi connectivity index (χ1v) is 8.70. The topological polar surface area (TPSA) is 58.2 Å². The minimum Gasteiger partial charge on any atom is -0.315 e. The first-order valence-electron chi connectivity index (χ1n) is 6.40. The van der Waals surface area contributed by atoms with E-state index in [4.69, 9.17) is 0 Å². The Labute approximate surface area is 128 Å². The van der Waals surface area contributed by atoms with Crippen molar-refractivity contribution in [2.75, 3.05) is 7.05 Å². The summed E-state index contributed by atoms with van der Waals surface area (Å²) in [5.41, 5.74) is 0.711. The van der Waals surface area contributed by atoms with Crippen LogP contribution in [-0.4, -0.2) is 15.5 Å². The fourth-order valence-corrected chi connectivity index (χ4v) is 4.57. The van der Waals surface area contributed by atoms with Gasteiger partial charge in [0.1, 0.15) is 5.82 Å². The summed E-state index contributed by atoms with van der Waals surface area (Å²) in [4.78, 5) is 2.03. The predicted octanol–water partition coefficient (Wildman–Crippen LogP) is 2.39. The van der Waals surface area contributed by atoms with Gasteiger partial charge in [0.05, 0.1) is 4.90 Å². The highest BCUT2D eigenvalue weighted by Gasteiger charge is 2.19. The minimum atomic E-state index is -3.56. The summed E-state index contributed by atoms with van der Waals surface area (Å²) in [6.45, 7) is 2.56. The first-order chi connectivity index (χ1) is 9.92. The molecular weight excluding hydrogens is 311 g/mol. The molecule has 2 aromatic rings. The van der Waals surface area contributed by atoms with E-state index in [0.717, 1.165) is 9.75 Å². The molecule has 114 valence electrons. The lowest BCUT2D eigenvalue weighted by molar-refractivity contribution is 0.581. The Kier molecular flexibility index (Phi) is 5.10. The van der Waals surface area contributed by atoms with Crippen LogP contribution in [0.2, 0.25) is 0 Å².